The van der Waals surface area contributed by atoms with Crippen LogP contribution in [0.3, 0.4) is 0 Å². The largest absolute Gasteiger partial charge is 0.463 e. The number of hydrogen-bond acceptors (Lipinski definition) is 4. The Morgan fingerprint density at radius 2 is 2.12 bits per heavy atom. The van der Waals surface area contributed by atoms with E-state index in [1.54, 1.807) is 6.26 Å². The topological polar surface area (TPSA) is 89.8 Å². The molecule has 0 aliphatic carbocycles. The molecular formula is C17H19ClN3O4+. The van der Waals surface area contributed by atoms with Crippen LogP contribution in [0.1, 0.15) is 35.0 Å². The van der Waals surface area contributed by atoms with Crippen molar-refractivity contribution in [2.75, 3.05) is 19.6 Å². The van der Waals surface area contributed by atoms with Gasteiger partial charge in [0.25, 0.3) is 11.6 Å². The van der Waals surface area contributed by atoms with E-state index in [9.17, 15) is 14.9 Å². The molecule has 0 spiro atoms. The molecule has 1 saturated heterocycles. The number of carbonyl (C=O) groups excluding carboxylic acids is 1. The van der Waals surface area contributed by atoms with E-state index in [-0.39, 0.29) is 28.2 Å². The van der Waals surface area contributed by atoms with E-state index < -0.39 is 4.92 Å². The van der Waals surface area contributed by atoms with Crippen LogP contribution in [0.15, 0.2) is 41.0 Å². The van der Waals surface area contributed by atoms with Crippen LogP contribution in [0.25, 0.3) is 0 Å². The number of furan rings is 1. The summed E-state index contributed by atoms with van der Waals surface area (Å²) >= 11 is 5.79. The van der Waals surface area contributed by atoms with Crippen molar-refractivity contribution in [3.8, 4) is 0 Å². The predicted molar refractivity (Wildman–Crippen MR) is 91.8 cm³/mol. The van der Waals surface area contributed by atoms with Crippen molar-refractivity contribution in [2.24, 2.45) is 0 Å². The number of likely N-dealkylation sites (tertiary alicyclic amines) is 1. The summed E-state index contributed by atoms with van der Waals surface area (Å²) in [7, 11) is 0. The fourth-order valence-corrected chi connectivity index (χ4v) is 3.39. The molecule has 2 heterocycles. The van der Waals surface area contributed by atoms with Gasteiger partial charge in [-0.15, -0.1) is 0 Å². The van der Waals surface area contributed by atoms with E-state index in [1.165, 1.54) is 23.1 Å². The number of carbonyl (C=O) groups is 1. The van der Waals surface area contributed by atoms with Gasteiger partial charge in [0.2, 0.25) is 0 Å². The van der Waals surface area contributed by atoms with Crippen molar-refractivity contribution in [1.82, 2.24) is 5.32 Å². The Hall–Kier alpha value is -2.38. The smallest absolute Gasteiger partial charge is 0.288 e. The van der Waals surface area contributed by atoms with Gasteiger partial charge in [-0.25, -0.2) is 0 Å². The van der Waals surface area contributed by atoms with E-state index in [0.29, 0.717) is 6.54 Å². The molecule has 8 heteroatoms. The molecule has 3 rings (SSSR count). The fraction of sp³-hybridized carbons (Fsp3) is 0.353. The first-order chi connectivity index (χ1) is 12.1. The molecule has 0 radical (unpaired) electrons. The molecule has 25 heavy (non-hydrogen) atoms. The van der Waals surface area contributed by atoms with Gasteiger partial charge in [0, 0.05) is 24.5 Å². The van der Waals surface area contributed by atoms with Crippen LogP contribution in [0.2, 0.25) is 5.02 Å². The Bertz CT molecular complexity index is 757. The standard InChI is InChI=1S/C17H18ClN3O4/c18-13-6-5-12(10-14(13)21(23)24)17(22)19-11-15(16-4-3-9-25-16)20-7-1-2-8-20/h3-6,9-10,15H,1-2,7-8,11H2,(H,19,22)/p+1/t15-/m1/s1. The first-order valence-corrected chi connectivity index (χ1v) is 8.54. The molecule has 1 aliphatic rings. The first kappa shape index (κ1) is 17.4. The number of hydrogen-bond donors (Lipinski definition) is 2. The van der Waals surface area contributed by atoms with Crippen molar-refractivity contribution < 1.29 is 19.0 Å². The van der Waals surface area contributed by atoms with Crippen molar-refractivity contribution >= 4 is 23.2 Å². The molecule has 1 fully saturated rings. The zero-order valence-corrected chi connectivity index (χ0v) is 14.3. The Morgan fingerprint density at radius 1 is 1.36 bits per heavy atom. The lowest BCUT2D eigenvalue weighted by Crippen LogP contribution is -3.11. The lowest BCUT2D eigenvalue weighted by Gasteiger charge is -2.23. The molecule has 132 valence electrons. The van der Waals surface area contributed by atoms with E-state index >= 15 is 0 Å². The van der Waals surface area contributed by atoms with Crippen LogP contribution in [0.5, 0.6) is 0 Å². The van der Waals surface area contributed by atoms with Crippen LogP contribution in [0.4, 0.5) is 5.69 Å². The highest BCUT2D eigenvalue weighted by Gasteiger charge is 2.30. The summed E-state index contributed by atoms with van der Waals surface area (Å²) in [5.74, 6) is 0.467. The second-order valence-corrected chi connectivity index (χ2v) is 6.47. The second kappa shape index (κ2) is 7.67. The minimum Gasteiger partial charge on any atom is -0.463 e. The normalized spacial score (nSPS) is 15.9. The number of nitro groups is 1. The molecule has 0 unspecified atom stereocenters. The summed E-state index contributed by atoms with van der Waals surface area (Å²) in [6.07, 6.45) is 3.94. The molecule has 7 nitrogen and oxygen atoms in total. The maximum absolute atomic E-state index is 12.4. The third kappa shape index (κ3) is 4.00. The number of nitrogens with one attached hydrogen (secondary N) is 2. The highest BCUT2D eigenvalue weighted by Crippen LogP contribution is 2.25. The minimum atomic E-state index is -0.598. The van der Waals surface area contributed by atoms with Crippen LogP contribution in [0, 0.1) is 10.1 Å². The number of nitrogens with zero attached hydrogens (tertiary/aromatic N) is 1. The molecule has 1 aromatic heterocycles. The molecular weight excluding hydrogens is 346 g/mol. The monoisotopic (exact) mass is 364 g/mol. The minimum absolute atomic E-state index is 0.0107. The average molecular weight is 365 g/mol. The van der Waals surface area contributed by atoms with Crippen LogP contribution < -0.4 is 10.2 Å². The van der Waals surface area contributed by atoms with E-state index in [2.05, 4.69) is 5.32 Å². The van der Waals surface area contributed by atoms with Crippen LogP contribution in [-0.2, 0) is 0 Å². The molecule has 1 aromatic carbocycles. The summed E-state index contributed by atoms with van der Waals surface area (Å²) in [5, 5.41) is 13.8. The summed E-state index contributed by atoms with van der Waals surface area (Å²) in [4.78, 5) is 24.1. The van der Waals surface area contributed by atoms with E-state index in [0.717, 1.165) is 31.7 Å². The summed E-state index contributed by atoms with van der Waals surface area (Å²) in [6.45, 7) is 2.47. The van der Waals surface area contributed by atoms with E-state index in [4.69, 9.17) is 16.0 Å². The molecule has 0 bridgehead atoms. The lowest BCUT2D eigenvalue weighted by atomic mass is 10.1. The third-order valence-corrected chi connectivity index (χ3v) is 4.82. The van der Waals surface area contributed by atoms with Gasteiger partial charge in [-0.05, 0) is 24.3 Å². The van der Waals surface area contributed by atoms with Gasteiger partial charge in [-0.2, -0.15) is 0 Å². The number of rotatable bonds is 6. The van der Waals surface area contributed by atoms with Gasteiger partial charge in [0.1, 0.15) is 5.02 Å². The number of benzene rings is 1. The Morgan fingerprint density at radius 3 is 2.76 bits per heavy atom. The molecule has 1 atom stereocenters. The third-order valence-electron chi connectivity index (χ3n) is 4.50. The quantitative estimate of drug-likeness (QED) is 0.606. The lowest BCUT2D eigenvalue weighted by molar-refractivity contribution is -0.919. The first-order valence-electron chi connectivity index (χ1n) is 8.16. The maximum atomic E-state index is 12.4. The highest BCUT2D eigenvalue weighted by molar-refractivity contribution is 6.32. The van der Waals surface area contributed by atoms with Crippen molar-refractivity contribution in [3.05, 3.63) is 63.1 Å². The molecule has 1 amide bonds. The van der Waals surface area contributed by atoms with Gasteiger partial charge in [0.15, 0.2) is 11.8 Å². The molecule has 2 N–H and O–H groups in total. The fourth-order valence-electron chi connectivity index (χ4n) is 3.20. The van der Waals surface area contributed by atoms with Crippen LogP contribution in [-0.4, -0.2) is 30.5 Å². The molecule has 0 saturated carbocycles. The Balaban J connectivity index is 1.71. The highest BCUT2D eigenvalue weighted by atomic mass is 35.5. The van der Waals surface area contributed by atoms with Gasteiger partial charge < -0.3 is 14.6 Å². The zero-order valence-electron chi connectivity index (χ0n) is 13.5. The maximum Gasteiger partial charge on any atom is 0.288 e. The average Bonchev–Trinajstić information content (AvgIpc) is 3.29. The summed E-state index contributed by atoms with van der Waals surface area (Å²) in [6, 6.07) is 7.82. The second-order valence-electron chi connectivity index (χ2n) is 6.07. The van der Waals surface area contributed by atoms with Crippen LogP contribution >= 0.6 is 11.6 Å². The number of nitro benzene ring substituents is 1. The number of quaternary nitrogens is 1. The van der Waals surface area contributed by atoms with Gasteiger partial charge in [-0.3, -0.25) is 14.9 Å². The molecule has 2 aromatic rings. The SMILES string of the molecule is O=C(NC[C@H](c1ccco1)[NH+]1CCCC1)c1ccc(Cl)c([N+](=O)[O-])c1. The Kier molecular flexibility index (Phi) is 5.35. The zero-order chi connectivity index (χ0) is 17.8. The van der Waals surface area contributed by atoms with Crippen molar-refractivity contribution in [2.45, 2.75) is 18.9 Å². The molecule has 1 aliphatic heterocycles. The predicted octanol–water partition coefficient (Wildman–Crippen LogP) is 1.99. The van der Waals surface area contributed by atoms with Gasteiger partial charge >= 0.3 is 0 Å². The van der Waals surface area contributed by atoms with Gasteiger partial charge in [-0.1, -0.05) is 11.6 Å². The Labute approximate surface area is 149 Å². The van der Waals surface area contributed by atoms with Crippen molar-refractivity contribution in [1.29, 1.82) is 0 Å². The van der Waals surface area contributed by atoms with Gasteiger partial charge in [0.05, 0.1) is 30.8 Å². The van der Waals surface area contributed by atoms with Crippen molar-refractivity contribution in [3.63, 3.8) is 0 Å². The number of amides is 1. The summed E-state index contributed by atoms with van der Waals surface area (Å²) in [5.41, 5.74) is -0.0622. The summed E-state index contributed by atoms with van der Waals surface area (Å²) < 4.78 is 5.53. The van der Waals surface area contributed by atoms with E-state index in [1.807, 2.05) is 12.1 Å². The number of halogens is 1.